The molecule has 0 bridgehead atoms. The Hall–Kier alpha value is -2.96. The Balaban J connectivity index is 1.78. The van der Waals surface area contributed by atoms with Gasteiger partial charge in [0, 0.05) is 24.0 Å². The molecule has 0 aliphatic heterocycles. The van der Waals surface area contributed by atoms with Crippen LogP contribution >= 0.6 is 11.6 Å². The Morgan fingerprint density at radius 3 is 2.71 bits per heavy atom. The van der Waals surface area contributed by atoms with E-state index in [-0.39, 0.29) is 5.91 Å². The molecule has 28 heavy (non-hydrogen) atoms. The lowest BCUT2D eigenvalue weighted by molar-refractivity contribution is 0.102. The molecule has 0 fully saturated rings. The average Bonchev–Trinajstić information content (AvgIpc) is 2.68. The number of carbonyl (C=O) groups is 1. The molecule has 0 unspecified atom stereocenters. The summed E-state index contributed by atoms with van der Waals surface area (Å²) in [5, 5.41) is 15.8. The number of nitrogens with one attached hydrogen (secondary N) is 2. The Morgan fingerprint density at radius 2 is 2.04 bits per heavy atom. The van der Waals surface area contributed by atoms with Gasteiger partial charge < -0.3 is 15.7 Å². The number of aromatic nitrogens is 2. The van der Waals surface area contributed by atoms with Crippen LogP contribution in [0.1, 0.15) is 23.0 Å². The van der Waals surface area contributed by atoms with Crippen molar-refractivity contribution in [2.45, 2.75) is 20.0 Å². The number of hydrogen-bond acceptors (Lipinski definition) is 5. The normalized spacial score (nSPS) is 11.7. The minimum Gasteiger partial charge on any atom is -0.392 e. The number of aliphatic hydroxyl groups is 1. The van der Waals surface area contributed by atoms with Gasteiger partial charge in [0.25, 0.3) is 5.91 Å². The van der Waals surface area contributed by atoms with E-state index >= 15 is 0 Å². The van der Waals surface area contributed by atoms with E-state index in [1.165, 1.54) is 0 Å². The van der Waals surface area contributed by atoms with Crippen LogP contribution in [0.4, 0.5) is 11.5 Å². The van der Waals surface area contributed by atoms with E-state index in [2.05, 4.69) is 20.6 Å². The van der Waals surface area contributed by atoms with Crippen molar-refractivity contribution in [3.05, 3.63) is 71.0 Å². The summed E-state index contributed by atoms with van der Waals surface area (Å²) in [6.45, 7) is 3.84. The van der Waals surface area contributed by atoms with Crippen LogP contribution in [0.15, 0.2) is 54.7 Å². The lowest BCUT2D eigenvalue weighted by Crippen LogP contribution is -2.18. The first-order valence-electron chi connectivity index (χ1n) is 8.86. The summed E-state index contributed by atoms with van der Waals surface area (Å²) in [5.74, 6) is 0.347. The summed E-state index contributed by atoms with van der Waals surface area (Å²) in [4.78, 5) is 21.4. The molecule has 3 rings (SSSR count). The smallest absolute Gasteiger partial charge is 0.257 e. The van der Waals surface area contributed by atoms with Crippen molar-refractivity contribution in [1.82, 2.24) is 9.97 Å². The highest BCUT2D eigenvalue weighted by molar-refractivity contribution is 6.33. The van der Waals surface area contributed by atoms with E-state index in [1.54, 1.807) is 50.4 Å². The monoisotopic (exact) mass is 396 g/mol. The molecular weight excluding hydrogens is 376 g/mol. The second-order valence-corrected chi connectivity index (χ2v) is 6.83. The van der Waals surface area contributed by atoms with Crippen molar-refractivity contribution < 1.29 is 9.90 Å². The standard InChI is InChI=1S/C21H21ClN4O2/c1-13(27)12-24-20-9-7-16(14(2)25-20)21(28)26-15-6-8-18(22)17(11-15)19-5-3-4-10-23-19/h3-11,13,27H,12H2,1-2H3,(H,24,25)(H,26,28)/t13-/m0/s1. The molecule has 0 saturated carbocycles. The maximum absolute atomic E-state index is 12.7. The first-order valence-corrected chi connectivity index (χ1v) is 9.23. The molecule has 3 aromatic rings. The third-order valence-electron chi connectivity index (χ3n) is 4.07. The number of halogens is 1. The fourth-order valence-corrected chi connectivity index (χ4v) is 2.89. The van der Waals surface area contributed by atoms with Crippen molar-refractivity contribution >= 4 is 29.0 Å². The molecule has 1 atom stereocenters. The summed E-state index contributed by atoms with van der Waals surface area (Å²) in [7, 11) is 0. The highest BCUT2D eigenvalue weighted by atomic mass is 35.5. The molecule has 7 heteroatoms. The predicted molar refractivity (Wildman–Crippen MR) is 112 cm³/mol. The number of carbonyl (C=O) groups excluding carboxylic acids is 1. The van der Waals surface area contributed by atoms with Crippen molar-refractivity contribution in [2.24, 2.45) is 0 Å². The fourth-order valence-electron chi connectivity index (χ4n) is 2.67. The quantitative estimate of drug-likeness (QED) is 0.582. The van der Waals surface area contributed by atoms with Crippen LogP contribution < -0.4 is 10.6 Å². The van der Waals surface area contributed by atoms with Crippen LogP contribution in [-0.2, 0) is 0 Å². The largest absolute Gasteiger partial charge is 0.392 e. The molecule has 0 aliphatic carbocycles. The van der Waals surface area contributed by atoms with Crippen molar-refractivity contribution in [2.75, 3.05) is 17.2 Å². The van der Waals surface area contributed by atoms with E-state index in [0.29, 0.717) is 34.3 Å². The van der Waals surface area contributed by atoms with Crippen LogP contribution in [0.3, 0.4) is 0 Å². The molecule has 1 aromatic carbocycles. The van der Waals surface area contributed by atoms with E-state index in [1.807, 2.05) is 18.2 Å². The number of amides is 1. The van der Waals surface area contributed by atoms with Crippen molar-refractivity contribution in [3.63, 3.8) is 0 Å². The molecule has 2 aromatic heterocycles. The summed E-state index contributed by atoms with van der Waals surface area (Å²) < 4.78 is 0. The van der Waals surface area contributed by atoms with E-state index in [9.17, 15) is 9.90 Å². The van der Waals surface area contributed by atoms with Crippen LogP contribution in [0.2, 0.25) is 5.02 Å². The van der Waals surface area contributed by atoms with Crippen LogP contribution in [0, 0.1) is 6.92 Å². The third-order valence-corrected chi connectivity index (χ3v) is 4.40. The van der Waals surface area contributed by atoms with Crippen molar-refractivity contribution in [3.8, 4) is 11.3 Å². The number of aliphatic hydroxyl groups excluding tert-OH is 1. The molecule has 0 radical (unpaired) electrons. The van der Waals surface area contributed by atoms with Gasteiger partial charge in [-0.15, -0.1) is 0 Å². The zero-order valence-corrected chi connectivity index (χ0v) is 16.4. The molecule has 0 saturated heterocycles. The number of anilines is 2. The van der Waals surface area contributed by atoms with Crippen molar-refractivity contribution in [1.29, 1.82) is 0 Å². The van der Waals surface area contributed by atoms with Gasteiger partial charge >= 0.3 is 0 Å². The van der Waals surface area contributed by atoms with Gasteiger partial charge in [0.1, 0.15) is 5.82 Å². The van der Waals surface area contributed by atoms with E-state index in [0.717, 1.165) is 11.3 Å². The van der Waals surface area contributed by atoms with Gasteiger partial charge in [-0.25, -0.2) is 4.98 Å². The zero-order valence-electron chi connectivity index (χ0n) is 15.6. The maximum Gasteiger partial charge on any atom is 0.257 e. The van der Waals surface area contributed by atoms with Gasteiger partial charge in [-0.2, -0.15) is 0 Å². The van der Waals surface area contributed by atoms with Gasteiger partial charge in [-0.1, -0.05) is 17.7 Å². The summed E-state index contributed by atoms with van der Waals surface area (Å²) in [6.07, 6.45) is 1.21. The molecule has 1 amide bonds. The first kappa shape index (κ1) is 19.8. The summed E-state index contributed by atoms with van der Waals surface area (Å²) in [6, 6.07) is 14.3. The topological polar surface area (TPSA) is 87.1 Å². The average molecular weight is 397 g/mol. The lowest BCUT2D eigenvalue weighted by Gasteiger charge is -2.12. The highest BCUT2D eigenvalue weighted by Crippen LogP contribution is 2.29. The Kier molecular flexibility index (Phi) is 6.23. The second-order valence-electron chi connectivity index (χ2n) is 6.42. The molecule has 0 spiro atoms. The van der Waals surface area contributed by atoms with Gasteiger partial charge in [0.2, 0.25) is 0 Å². The molecule has 3 N–H and O–H groups in total. The fraction of sp³-hybridized carbons (Fsp3) is 0.190. The van der Waals surface area contributed by atoms with Gasteiger partial charge in [-0.05, 0) is 56.3 Å². The van der Waals surface area contributed by atoms with Gasteiger partial charge in [-0.3, -0.25) is 9.78 Å². The SMILES string of the molecule is Cc1nc(NC[C@H](C)O)ccc1C(=O)Nc1ccc(Cl)c(-c2ccccn2)c1. The number of pyridine rings is 2. The Morgan fingerprint density at radius 1 is 1.21 bits per heavy atom. The predicted octanol–water partition coefficient (Wildman–Crippen LogP) is 4.15. The summed E-state index contributed by atoms with van der Waals surface area (Å²) in [5.41, 5.74) is 3.15. The van der Waals surface area contributed by atoms with E-state index in [4.69, 9.17) is 11.6 Å². The maximum atomic E-state index is 12.7. The van der Waals surface area contributed by atoms with Gasteiger partial charge in [0.05, 0.1) is 28.1 Å². The Bertz CT molecular complexity index is 977. The van der Waals surface area contributed by atoms with Crippen LogP contribution in [0.25, 0.3) is 11.3 Å². The first-order chi connectivity index (χ1) is 13.4. The number of benzene rings is 1. The molecule has 2 heterocycles. The minimum atomic E-state index is -0.483. The lowest BCUT2D eigenvalue weighted by atomic mass is 10.1. The summed E-state index contributed by atoms with van der Waals surface area (Å²) >= 11 is 6.29. The number of rotatable bonds is 6. The molecule has 6 nitrogen and oxygen atoms in total. The number of nitrogens with zero attached hydrogens (tertiary/aromatic N) is 2. The number of hydrogen-bond donors (Lipinski definition) is 3. The van der Waals surface area contributed by atoms with Crippen LogP contribution in [0.5, 0.6) is 0 Å². The molecular formula is C21H21ClN4O2. The minimum absolute atomic E-state index is 0.263. The van der Waals surface area contributed by atoms with Gasteiger partial charge in [0.15, 0.2) is 0 Å². The highest BCUT2D eigenvalue weighted by Gasteiger charge is 2.13. The Labute approximate surface area is 168 Å². The number of aryl methyl sites for hydroxylation is 1. The van der Waals surface area contributed by atoms with Crippen LogP contribution in [-0.4, -0.2) is 33.6 Å². The molecule has 0 aliphatic rings. The second kappa shape index (κ2) is 8.82. The zero-order chi connectivity index (χ0) is 20.1. The molecule has 144 valence electrons. The third kappa shape index (κ3) is 4.85. The van der Waals surface area contributed by atoms with E-state index < -0.39 is 6.10 Å².